The van der Waals surface area contributed by atoms with Crippen LogP contribution in [-0.4, -0.2) is 34.3 Å². The van der Waals surface area contributed by atoms with Crippen molar-refractivity contribution in [3.63, 3.8) is 0 Å². The van der Waals surface area contributed by atoms with Gasteiger partial charge >= 0.3 is 0 Å². The topological polar surface area (TPSA) is 75.5 Å². The summed E-state index contributed by atoms with van der Waals surface area (Å²) in [6.07, 6.45) is 3.82. The largest absolute Gasteiger partial charge is 0.253 e. The number of sulfonamides is 1. The van der Waals surface area contributed by atoms with Gasteiger partial charge in [-0.3, -0.25) is 9.97 Å². The molecule has 0 N–H and O–H groups in total. The number of hydrogen-bond donors (Lipinski definition) is 0. The molecule has 0 saturated heterocycles. The number of benzene rings is 1. The van der Waals surface area contributed by atoms with Gasteiger partial charge in [-0.2, -0.15) is 20.9 Å². The number of aromatic nitrogens is 2. The van der Waals surface area contributed by atoms with Crippen molar-refractivity contribution in [1.29, 1.82) is 0 Å². The molecule has 0 amide bonds. The first-order valence-corrected chi connectivity index (χ1v) is 10.5. The number of thiophene rings is 1. The van der Waals surface area contributed by atoms with Crippen molar-refractivity contribution >= 4 is 38.1 Å². The molecule has 6 nitrogen and oxygen atoms in total. The highest BCUT2D eigenvalue weighted by Crippen LogP contribution is 2.36. The predicted octanol–water partition coefficient (Wildman–Crippen LogP) is 3.19. The van der Waals surface area contributed by atoms with Gasteiger partial charge in [0.05, 0.1) is 28.5 Å². The zero-order valence-corrected chi connectivity index (χ0v) is 15.2. The molecule has 2 aromatic heterocycles. The first kappa shape index (κ1) is 16.2. The molecule has 0 bridgehead atoms. The van der Waals surface area contributed by atoms with E-state index in [1.807, 2.05) is 35.0 Å². The van der Waals surface area contributed by atoms with Gasteiger partial charge in [0.2, 0.25) is 10.0 Å². The van der Waals surface area contributed by atoms with Crippen molar-refractivity contribution in [1.82, 2.24) is 14.4 Å². The van der Waals surface area contributed by atoms with Crippen molar-refractivity contribution in [2.75, 3.05) is 5.75 Å². The number of hydrazone groups is 1. The van der Waals surface area contributed by atoms with Gasteiger partial charge in [-0.1, -0.05) is 6.07 Å². The average Bonchev–Trinajstić information content (AvgIpc) is 3.31. The fourth-order valence-corrected chi connectivity index (χ4v) is 4.65. The minimum atomic E-state index is -3.46. The molecule has 0 saturated carbocycles. The van der Waals surface area contributed by atoms with Crippen LogP contribution in [0.25, 0.3) is 11.0 Å². The molecule has 1 unspecified atom stereocenters. The molecule has 0 fully saturated rings. The van der Waals surface area contributed by atoms with Crippen molar-refractivity contribution in [2.45, 2.75) is 19.4 Å². The summed E-state index contributed by atoms with van der Waals surface area (Å²) in [5.74, 6) is 0.0112. The molecule has 1 aromatic carbocycles. The van der Waals surface area contributed by atoms with Crippen molar-refractivity contribution < 1.29 is 8.42 Å². The van der Waals surface area contributed by atoms with E-state index >= 15 is 0 Å². The van der Waals surface area contributed by atoms with Gasteiger partial charge in [-0.25, -0.2) is 8.42 Å². The minimum absolute atomic E-state index is 0.0112. The SMILES string of the molecule is CCS(=O)(=O)N1N=C(c2ccsc2)CC1c1ccc2nccnc2c1. The van der Waals surface area contributed by atoms with E-state index in [1.54, 1.807) is 30.7 Å². The second-order valence-corrected chi connectivity index (χ2v) is 8.65. The van der Waals surface area contributed by atoms with Gasteiger partial charge in [-0.05, 0) is 41.4 Å². The molecule has 25 heavy (non-hydrogen) atoms. The Morgan fingerprint density at radius 2 is 2.00 bits per heavy atom. The molecule has 8 heteroatoms. The van der Waals surface area contributed by atoms with Crippen LogP contribution in [0.4, 0.5) is 0 Å². The second kappa shape index (κ2) is 6.20. The number of nitrogens with zero attached hydrogens (tertiary/aromatic N) is 4. The van der Waals surface area contributed by atoms with E-state index in [0.717, 1.165) is 27.9 Å². The van der Waals surface area contributed by atoms with Gasteiger partial charge in [0.15, 0.2) is 0 Å². The molecular formula is C17H16N4O2S2. The Bertz CT molecular complexity index is 1050. The lowest BCUT2D eigenvalue weighted by Crippen LogP contribution is -2.28. The second-order valence-electron chi connectivity index (χ2n) is 5.76. The summed E-state index contributed by atoms with van der Waals surface area (Å²) >= 11 is 1.57. The van der Waals surface area contributed by atoms with Gasteiger partial charge in [0, 0.05) is 24.4 Å². The Morgan fingerprint density at radius 1 is 1.20 bits per heavy atom. The molecule has 0 radical (unpaired) electrons. The number of fused-ring (bicyclic) bond motifs is 1. The Hall–Kier alpha value is -2.32. The molecular weight excluding hydrogens is 356 g/mol. The summed E-state index contributed by atoms with van der Waals surface area (Å²) in [5.41, 5.74) is 4.18. The van der Waals surface area contributed by atoms with Crippen molar-refractivity contribution in [3.05, 3.63) is 58.5 Å². The zero-order valence-electron chi connectivity index (χ0n) is 13.5. The Kier molecular flexibility index (Phi) is 4.01. The molecule has 128 valence electrons. The van der Waals surface area contributed by atoms with Crippen LogP contribution in [-0.2, 0) is 10.0 Å². The highest BCUT2D eigenvalue weighted by molar-refractivity contribution is 7.89. The minimum Gasteiger partial charge on any atom is -0.253 e. The molecule has 4 rings (SSSR count). The van der Waals surface area contributed by atoms with Crippen LogP contribution in [0.1, 0.15) is 30.5 Å². The van der Waals surface area contributed by atoms with E-state index < -0.39 is 10.0 Å². The lowest BCUT2D eigenvalue weighted by atomic mass is 10.00. The maximum absolute atomic E-state index is 12.6. The molecule has 0 aliphatic carbocycles. The third-order valence-corrected chi connectivity index (χ3v) is 6.57. The molecule has 1 aliphatic rings. The summed E-state index contributed by atoms with van der Waals surface area (Å²) in [7, 11) is -3.46. The predicted molar refractivity (Wildman–Crippen MR) is 99.1 cm³/mol. The van der Waals surface area contributed by atoms with Crippen LogP contribution in [0.5, 0.6) is 0 Å². The van der Waals surface area contributed by atoms with Crippen LogP contribution in [0, 0.1) is 0 Å². The van der Waals surface area contributed by atoms with Crippen molar-refractivity contribution in [2.24, 2.45) is 5.10 Å². The molecule has 1 atom stereocenters. The summed E-state index contributed by atoms with van der Waals surface area (Å²) < 4.78 is 26.4. The van der Waals surface area contributed by atoms with Crippen LogP contribution in [0.15, 0.2) is 52.5 Å². The fraction of sp³-hybridized carbons (Fsp3) is 0.235. The highest BCUT2D eigenvalue weighted by Gasteiger charge is 2.36. The van der Waals surface area contributed by atoms with Gasteiger partial charge in [0.25, 0.3) is 0 Å². The standard InChI is InChI=1S/C17H16N4O2S2/c1-2-25(22,23)21-17(10-15(20-21)13-5-8-24-11-13)12-3-4-14-16(9-12)19-7-6-18-14/h3-9,11,17H,2,10H2,1H3. The highest BCUT2D eigenvalue weighted by atomic mass is 32.2. The summed E-state index contributed by atoms with van der Waals surface area (Å²) in [5, 5.41) is 8.40. The number of hydrogen-bond acceptors (Lipinski definition) is 6. The maximum Gasteiger partial charge on any atom is 0.250 e. The molecule has 0 spiro atoms. The summed E-state index contributed by atoms with van der Waals surface area (Å²) in [6, 6.07) is 7.29. The fourth-order valence-electron chi connectivity index (χ4n) is 2.92. The third kappa shape index (κ3) is 2.91. The smallest absolute Gasteiger partial charge is 0.250 e. The normalized spacial score (nSPS) is 17.9. The Balaban J connectivity index is 1.78. The van der Waals surface area contributed by atoms with Gasteiger partial charge in [-0.15, -0.1) is 0 Å². The van der Waals surface area contributed by atoms with Crippen molar-refractivity contribution in [3.8, 4) is 0 Å². The van der Waals surface area contributed by atoms with Crippen LogP contribution < -0.4 is 0 Å². The molecule has 3 aromatic rings. The Morgan fingerprint density at radius 3 is 2.72 bits per heavy atom. The maximum atomic E-state index is 12.6. The van der Waals surface area contributed by atoms with Crippen LogP contribution >= 0.6 is 11.3 Å². The van der Waals surface area contributed by atoms with E-state index in [0.29, 0.717) is 6.42 Å². The van der Waals surface area contributed by atoms with Gasteiger partial charge in [0.1, 0.15) is 0 Å². The quantitative estimate of drug-likeness (QED) is 0.705. The monoisotopic (exact) mass is 372 g/mol. The third-order valence-electron chi connectivity index (χ3n) is 4.25. The molecule has 1 aliphatic heterocycles. The zero-order chi connectivity index (χ0) is 17.4. The first-order chi connectivity index (χ1) is 12.1. The Labute approximate surface area is 149 Å². The average molecular weight is 372 g/mol. The van der Waals surface area contributed by atoms with Crippen LogP contribution in [0.3, 0.4) is 0 Å². The lowest BCUT2D eigenvalue weighted by molar-refractivity contribution is 0.372. The molecule has 3 heterocycles. The van der Waals surface area contributed by atoms with E-state index in [1.165, 1.54) is 4.41 Å². The summed E-state index contributed by atoms with van der Waals surface area (Å²) in [6.45, 7) is 1.64. The van der Waals surface area contributed by atoms with E-state index in [-0.39, 0.29) is 11.8 Å². The number of rotatable bonds is 4. The summed E-state index contributed by atoms with van der Waals surface area (Å²) in [4.78, 5) is 8.59. The first-order valence-electron chi connectivity index (χ1n) is 7.91. The lowest BCUT2D eigenvalue weighted by Gasteiger charge is -2.22. The van der Waals surface area contributed by atoms with E-state index in [9.17, 15) is 8.42 Å². The van der Waals surface area contributed by atoms with E-state index in [4.69, 9.17) is 0 Å². The van der Waals surface area contributed by atoms with Crippen LogP contribution in [0.2, 0.25) is 0 Å². The van der Waals surface area contributed by atoms with E-state index in [2.05, 4.69) is 15.1 Å². The van der Waals surface area contributed by atoms with Gasteiger partial charge < -0.3 is 0 Å².